The van der Waals surface area contributed by atoms with E-state index in [1.807, 2.05) is 35.8 Å². The third kappa shape index (κ3) is 3.61. The first kappa shape index (κ1) is 16.1. The molecule has 6 nitrogen and oxygen atoms in total. The summed E-state index contributed by atoms with van der Waals surface area (Å²) in [5.74, 6) is 1.89. The number of amides is 1. The van der Waals surface area contributed by atoms with E-state index in [1.165, 1.54) is 0 Å². The molecule has 3 heterocycles. The number of nitrogens with one attached hydrogen (secondary N) is 1. The Kier molecular flexibility index (Phi) is 5.07. The van der Waals surface area contributed by atoms with Crippen molar-refractivity contribution in [3.05, 3.63) is 36.0 Å². The molecule has 1 saturated heterocycles. The number of carbonyl (C=O) groups is 1. The van der Waals surface area contributed by atoms with Crippen molar-refractivity contribution >= 4 is 17.7 Å². The minimum atomic E-state index is -0.00371. The lowest BCUT2D eigenvalue weighted by Crippen LogP contribution is -2.40. The van der Waals surface area contributed by atoms with Crippen LogP contribution in [0.1, 0.15) is 29.2 Å². The van der Waals surface area contributed by atoms with Crippen molar-refractivity contribution in [3.63, 3.8) is 0 Å². The molecule has 1 aliphatic heterocycles. The fourth-order valence-corrected chi connectivity index (χ4v) is 3.72. The van der Waals surface area contributed by atoms with Crippen LogP contribution in [0.4, 0.5) is 0 Å². The van der Waals surface area contributed by atoms with Gasteiger partial charge in [-0.1, -0.05) is 11.8 Å². The fraction of sp³-hybridized carbons (Fsp3) is 0.500. The Balaban J connectivity index is 1.62. The topological polar surface area (TPSA) is 63.3 Å². The summed E-state index contributed by atoms with van der Waals surface area (Å²) in [7, 11) is 3.88. The predicted octanol–water partition coefficient (Wildman–Crippen LogP) is 2.13. The molecule has 7 heteroatoms. The largest absolute Gasteiger partial charge is 0.455 e. The molecule has 1 fully saturated rings. The van der Waals surface area contributed by atoms with Gasteiger partial charge in [0.1, 0.15) is 5.76 Å². The number of rotatable bonds is 6. The highest BCUT2D eigenvalue weighted by molar-refractivity contribution is 7.98. The zero-order chi connectivity index (χ0) is 16.2. The minimum absolute atomic E-state index is 0.00371. The van der Waals surface area contributed by atoms with Crippen LogP contribution in [0.5, 0.6) is 0 Å². The maximum absolute atomic E-state index is 12.6. The van der Waals surface area contributed by atoms with Gasteiger partial charge in [0.2, 0.25) is 0 Å². The second kappa shape index (κ2) is 7.23. The molecule has 0 spiro atoms. The maximum atomic E-state index is 12.6. The van der Waals surface area contributed by atoms with E-state index < -0.39 is 0 Å². The van der Waals surface area contributed by atoms with E-state index in [2.05, 4.69) is 10.3 Å². The Morgan fingerprint density at radius 3 is 3.13 bits per heavy atom. The number of thioether (sulfide) groups is 1. The number of hydrogen-bond donors (Lipinski definition) is 1. The lowest BCUT2D eigenvalue weighted by atomic mass is 10.2. The van der Waals surface area contributed by atoms with E-state index in [1.54, 1.807) is 24.0 Å². The van der Waals surface area contributed by atoms with Crippen molar-refractivity contribution in [1.82, 2.24) is 19.8 Å². The first-order chi connectivity index (χ1) is 11.2. The predicted molar refractivity (Wildman–Crippen MR) is 89.5 cm³/mol. The fourth-order valence-electron chi connectivity index (χ4n) is 2.89. The van der Waals surface area contributed by atoms with Crippen molar-refractivity contribution in [2.75, 3.05) is 20.1 Å². The molecule has 0 radical (unpaired) electrons. The summed E-state index contributed by atoms with van der Waals surface area (Å²) in [6.45, 7) is 1.64. The molecule has 1 aliphatic rings. The summed E-state index contributed by atoms with van der Waals surface area (Å²) in [5, 5.41) is 4.09. The number of aromatic nitrogens is 2. The second-order valence-electron chi connectivity index (χ2n) is 5.73. The van der Waals surface area contributed by atoms with Gasteiger partial charge in [0.05, 0.1) is 5.75 Å². The SMILES string of the molecule is CNCC1CCCN1C(=O)c1ccc(CSc2nccn2C)o1. The summed E-state index contributed by atoms with van der Waals surface area (Å²) in [5.41, 5.74) is 0. The van der Waals surface area contributed by atoms with E-state index in [9.17, 15) is 4.79 Å². The molecule has 3 rings (SSSR count). The van der Waals surface area contributed by atoms with E-state index in [0.29, 0.717) is 11.5 Å². The normalized spacial score (nSPS) is 17.8. The molecule has 1 amide bonds. The van der Waals surface area contributed by atoms with Crippen LogP contribution in [0.3, 0.4) is 0 Å². The summed E-state index contributed by atoms with van der Waals surface area (Å²) < 4.78 is 7.72. The standard InChI is InChI=1S/C16H22N4O2S/c1-17-10-12-4-3-8-20(12)15(21)14-6-5-13(22-14)11-23-16-18-7-9-19(16)2/h5-7,9,12,17H,3-4,8,10-11H2,1-2H3. The quantitative estimate of drug-likeness (QED) is 0.820. The number of imidazole rings is 1. The summed E-state index contributed by atoms with van der Waals surface area (Å²) >= 11 is 1.60. The first-order valence-corrected chi connectivity index (χ1v) is 8.82. The third-order valence-electron chi connectivity index (χ3n) is 4.07. The van der Waals surface area contributed by atoms with Crippen LogP contribution in [0.15, 0.2) is 34.1 Å². The number of likely N-dealkylation sites (N-methyl/N-ethyl adjacent to an activating group) is 1. The van der Waals surface area contributed by atoms with Gasteiger partial charge in [0, 0.05) is 38.6 Å². The van der Waals surface area contributed by atoms with Crippen molar-refractivity contribution in [3.8, 4) is 0 Å². The molecule has 0 aliphatic carbocycles. The van der Waals surface area contributed by atoms with E-state index in [4.69, 9.17) is 4.42 Å². The number of hydrogen-bond acceptors (Lipinski definition) is 5. The van der Waals surface area contributed by atoms with Gasteiger partial charge in [-0.25, -0.2) is 4.98 Å². The Hall–Kier alpha value is -1.73. The number of likely N-dealkylation sites (tertiary alicyclic amines) is 1. The van der Waals surface area contributed by atoms with Crippen LogP contribution >= 0.6 is 11.8 Å². The minimum Gasteiger partial charge on any atom is -0.455 e. The number of nitrogens with zero attached hydrogens (tertiary/aromatic N) is 3. The molecule has 0 saturated carbocycles. The molecule has 0 aromatic carbocycles. The lowest BCUT2D eigenvalue weighted by Gasteiger charge is -2.23. The molecule has 1 unspecified atom stereocenters. The molecule has 1 atom stereocenters. The second-order valence-corrected chi connectivity index (χ2v) is 6.67. The van der Waals surface area contributed by atoms with Gasteiger partial charge in [0.15, 0.2) is 10.9 Å². The molecular formula is C16H22N4O2S. The molecule has 1 N–H and O–H groups in total. The zero-order valence-corrected chi connectivity index (χ0v) is 14.3. The van der Waals surface area contributed by atoms with E-state index in [-0.39, 0.29) is 11.9 Å². The third-order valence-corrected chi connectivity index (χ3v) is 5.15. The van der Waals surface area contributed by atoms with E-state index in [0.717, 1.165) is 36.8 Å². The molecule has 124 valence electrons. The number of aryl methyl sites for hydroxylation is 1. The average molecular weight is 334 g/mol. The lowest BCUT2D eigenvalue weighted by molar-refractivity contribution is 0.0703. The molecule has 2 aromatic rings. The molecule has 23 heavy (non-hydrogen) atoms. The van der Waals surface area contributed by atoms with Gasteiger partial charge >= 0.3 is 0 Å². The Bertz CT molecular complexity index is 667. The van der Waals surface area contributed by atoms with Gasteiger partial charge in [-0.3, -0.25) is 4.79 Å². The van der Waals surface area contributed by atoms with Crippen LogP contribution < -0.4 is 5.32 Å². The van der Waals surface area contributed by atoms with Crippen molar-refractivity contribution < 1.29 is 9.21 Å². The van der Waals surface area contributed by atoms with Crippen LogP contribution in [0, 0.1) is 0 Å². The summed E-state index contributed by atoms with van der Waals surface area (Å²) in [6, 6.07) is 3.93. The van der Waals surface area contributed by atoms with E-state index >= 15 is 0 Å². The monoisotopic (exact) mass is 334 g/mol. The van der Waals surface area contributed by atoms with Gasteiger partial charge in [0.25, 0.3) is 5.91 Å². The van der Waals surface area contributed by atoms with Crippen LogP contribution in [-0.4, -0.2) is 46.5 Å². The summed E-state index contributed by atoms with van der Waals surface area (Å²) in [6.07, 6.45) is 5.79. The Labute approximate surface area is 140 Å². The molecular weight excluding hydrogens is 312 g/mol. The van der Waals surface area contributed by atoms with Gasteiger partial charge in [-0.05, 0) is 32.0 Å². The number of furan rings is 1. The number of carbonyl (C=O) groups excluding carboxylic acids is 1. The molecule has 0 bridgehead atoms. The molecule has 2 aromatic heterocycles. The summed E-state index contributed by atoms with van der Waals surface area (Å²) in [4.78, 5) is 18.8. The Morgan fingerprint density at radius 1 is 1.52 bits per heavy atom. The maximum Gasteiger partial charge on any atom is 0.289 e. The first-order valence-electron chi connectivity index (χ1n) is 7.83. The smallest absolute Gasteiger partial charge is 0.289 e. The van der Waals surface area contributed by atoms with Crippen molar-refractivity contribution in [2.24, 2.45) is 7.05 Å². The van der Waals surface area contributed by atoms with Crippen LogP contribution in [0.25, 0.3) is 0 Å². The van der Waals surface area contributed by atoms with Gasteiger partial charge in [-0.15, -0.1) is 0 Å². The average Bonchev–Trinajstić information content (AvgIpc) is 3.26. The van der Waals surface area contributed by atoms with Crippen molar-refractivity contribution in [2.45, 2.75) is 29.8 Å². The zero-order valence-electron chi connectivity index (χ0n) is 13.5. The highest BCUT2D eigenvalue weighted by atomic mass is 32.2. The van der Waals surface area contributed by atoms with Gasteiger partial charge in [-0.2, -0.15) is 0 Å². The highest BCUT2D eigenvalue weighted by Gasteiger charge is 2.30. The highest BCUT2D eigenvalue weighted by Crippen LogP contribution is 2.24. The van der Waals surface area contributed by atoms with Crippen LogP contribution in [0.2, 0.25) is 0 Å². The van der Waals surface area contributed by atoms with Gasteiger partial charge < -0.3 is 19.2 Å². The van der Waals surface area contributed by atoms with Crippen LogP contribution in [-0.2, 0) is 12.8 Å². The Morgan fingerprint density at radius 2 is 2.39 bits per heavy atom. The van der Waals surface area contributed by atoms with Crippen molar-refractivity contribution in [1.29, 1.82) is 0 Å².